The summed E-state index contributed by atoms with van der Waals surface area (Å²) in [6, 6.07) is 10.2. The van der Waals surface area contributed by atoms with Crippen LogP contribution in [0.3, 0.4) is 0 Å². The van der Waals surface area contributed by atoms with Gasteiger partial charge in [0.25, 0.3) is 0 Å². The lowest BCUT2D eigenvalue weighted by molar-refractivity contribution is 0.329. The van der Waals surface area contributed by atoms with Crippen LogP contribution in [-0.4, -0.2) is 15.0 Å². The molecular weight excluding hydrogens is 368 g/mol. The summed E-state index contributed by atoms with van der Waals surface area (Å²) in [5.41, 5.74) is 1.68. The van der Waals surface area contributed by atoms with Gasteiger partial charge in [-0.05, 0) is 56.2 Å². The maximum atomic E-state index is 12.6. The number of aryl methyl sites for hydroxylation is 2. The minimum absolute atomic E-state index is 0.00429. The van der Waals surface area contributed by atoms with Gasteiger partial charge in [0, 0.05) is 4.47 Å². The van der Waals surface area contributed by atoms with E-state index in [2.05, 4.69) is 15.9 Å². The van der Waals surface area contributed by atoms with Gasteiger partial charge in [-0.25, -0.2) is 0 Å². The standard InChI is InChI=1S/C16H17BrO4S/c1-4-20-14-8-7-13(17)10-16(14)22(18,19)21-15-9-11(2)5-6-12(15)3/h5-10H,4H2,1-3H3. The highest BCUT2D eigenvalue weighted by Gasteiger charge is 2.23. The third-order valence-electron chi connectivity index (χ3n) is 3.02. The molecule has 6 heteroatoms. The zero-order valence-corrected chi connectivity index (χ0v) is 15.0. The SMILES string of the molecule is CCOc1ccc(Br)cc1S(=O)(=O)Oc1cc(C)ccc1C. The van der Waals surface area contributed by atoms with Crippen LogP contribution in [0.5, 0.6) is 11.5 Å². The Morgan fingerprint density at radius 3 is 2.45 bits per heavy atom. The molecule has 0 fully saturated rings. The van der Waals surface area contributed by atoms with Crippen molar-refractivity contribution in [2.24, 2.45) is 0 Å². The summed E-state index contributed by atoms with van der Waals surface area (Å²) >= 11 is 3.28. The molecule has 2 rings (SSSR count). The Balaban J connectivity index is 2.46. The molecular formula is C16H17BrO4S. The van der Waals surface area contributed by atoms with Crippen LogP contribution in [0.25, 0.3) is 0 Å². The fourth-order valence-electron chi connectivity index (χ4n) is 1.91. The van der Waals surface area contributed by atoms with E-state index in [9.17, 15) is 8.42 Å². The van der Waals surface area contributed by atoms with Crippen LogP contribution in [0.4, 0.5) is 0 Å². The minimum atomic E-state index is -3.98. The first kappa shape index (κ1) is 16.8. The van der Waals surface area contributed by atoms with Crippen LogP contribution in [0, 0.1) is 13.8 Å². The first-order valence-electron chi connectivity index (χ1n) is 6.77. The van der Waals surface area contributed by atoms with E-state index >= 15 is 0 Å². The van der Waals surface area contributed by atoms with Gasteiger partial charge in [0.05, 0.1) is 6.61 Å². The lowest BCUT2D eigenvalue weighted by Crippen LogP contribution is -2.12. The summed E-state index contributed by atoms with van der Waals surface area (Å²) in [5, 5.41) is 0. The van der Waals surface area contributed by atoms with E-state index in [1.165, 1.54) is 6.07 Å². The van der Waals surface area contributed by atoms with Crippen molar-refractivity contribution >= 4 is 26.0 Å². The van der Waals surface area contributed by atoms with Gasteiger partial charge < -0.3 is 8.92 Å². The molecule has 0 atom stereocenters. The molecule has 0 aliphatic carbocycles. The maximum absolute atomic E-state index is 12.6. The molecule has 0 heterocycles. The van der Waals surface area contributed by atoms with E-state index in [1.54, 1.807) is 32.0 Å². The molecule has 0 saturated carbocycles. The van der Waals surface area contributed by atoms with Crippen LogP contribution in [-0.2, 0) is 10.1 Å². The van der Waals surface area contributed by atoms with Gasteiger partial charge in [-0.2, -0.15) is 8.42 Å². The van der Waals surface area contributed by atoms with E-state index in [1.807, 2.05) is 19.1 Å². The summed E-state index contributed by atoms with van der Waals surface area (Å²) in [5.74, 6) is 0.596. The van der Waals surface area contributed by atoms with Gasteiger partial charge in [0.15, 0.2) is 0 Å². The Morgan fingerprint density at radius 2 is 1.77 bits per heavy atom. The first-order chi connectivity index (χ1) is 10.3. The summed E-state index contributed by atoms with van der Waals surface area (Å²) in [4.78, 5) is 0.00429. The second-order valence-corrected chi connectivity index (χ2v) is 7.26. The predicted octanol–water partition coefficient (Wildman–Crippen LogP) is 4.23. The molecule has 0 amide bonds. The molecule has 2 aromatic carbocycles. The van der Waals surface area contributed by atoms with Gasteiger partial charge in [-0.3, -0.25) is 0 Å². The molecule has 0 N–H and O–H groups in total. The number of benzene rings is 2. The highest BCUT2D eigenvalue weighted by molar-refractivity contribution is 9.10. The zero-order valence-electron chi connectivity index (χ0n) is 12.6. The van der Waals surface area contributed by atoms with Crippen LogP contribution in [0.1, 0.15) is 18.1 Å². The smallest absolute Gasteiger partial charge is 0.342 e. The van der Waals surface area contributed by atoms with Gasteiger partial charge in [0.1, 0.15) is 16.4 Å². The average molecular weight is 385 g/mol. The molecule has 0 aliphatic heterocycles. The first-order valence-corrected chi connectivity index (χ1v) is 8.97. The number of ether oxygens (including phenoxy) is 1. The summed E-state index contributed by atoms with van der Waals surface area (Å²) < 4.78 is 36.5. The Morgan fingerprint density at radius 1 is 1.05 bits per heavy atom. The van der Waals surface area contributed by atoms with Crippen LogP contribution in [0.2, 0.25) is 0 Å². The van der Waals surface area contributed by atoms with E-state index in [0.29, 0.717) is 16.8 Å². The maximum Gasteiger partial charge on any atom is 0.342 e. The lowest BCUT2D eigenvalue weighted by atomic mass is 10.1. The highest BCUT2D eigenvalue weighted by Crippen LogP contribution is 2.31. The molecule has 22 heavy (non-hydrogen) atoms. The number of rotatable bonds is 5. The third kappa shape index (κ3) is 3.81. The van der Waals surface area contributed by atoms with Crippen LogP contribution < -0.4 is 8.92 Å². The molecule has 2 aromatic rings. The molecule has 0 saturated heterocycles. The largest absolute Gasteiger partial charge is 0.492 e. The van der Waals surface area contributed by atoms with Crippen LogP contribution in [0.15, 0.2) is 45.8 Å². The van der Waals surface area contributed by atoms with Gasteiger partial charge in [-0.1, -0.05) is 28.1 Å². The Hall–Kier alpha value is -1.53. The van der Waals surface area contributed by atoms with E-state index in [-0.39, 0.29) is 10.6 Å². The topological polar surface area (TPSA) is 52.6 Å². The minimum Gasteiger partial charge on any atom is -0.492 e. The van der Waals surface area contributed by atoms with Crippen LogP contribution >= 0.6 is 15.9 Å². The summed E-state index contributed by atoms with van der Waals surface area (Å²) in [7, 11) is -3.98. The number of halogens is 1. The fourth-order valence-corrected chi connectivity index (χ4v) is 3.58. The highest BCUT2D eigenvalue weighted by atomic mass is 79.9. The quantitative estimate of drug-likeness (QED) is 0.723. The second-order valence-electron chi connectivity index (χ2n) is 4.83. The molecule has 0 aromatic heterocycles. The molecule has 118 valence electrons. The Labute approximate surface area is 139 Å². The normalized spacial score (nSPS) is 11.3. The fraction of sp³-hybridized carbons (Fsp3) is 0.250. The molecule has 4 nitrogen and oxygen atoms in total. The zero-order chi connectivity index (χ0) is 16.3. The monoisotopic (exact) mass is 384 g/mol. The Kier molecular flexibility index (Phi) is 5.13. The number of hydrogen-bond donors (Lipinski definition) is 0. The van der Waals surface area contributed by atoms with E-state index in [4.69, 9.17) is 8.92 Å². The summed E-state index contributed by atoms with van der Waals surface area (Å²) in [6.45, 7) is 5.84. The van der Waals surface area contributed by atoms with Gasteiger partial charge >= 0.3 is 10.1 Å². The Bertz CT molecular complexity index is 785. The van der Waals surface area contributed by atoms with Crippen molar-refractivity contribution < 1.29 is 17.3 Å². The summed E-state index contributed by atoms with van der Waals surface area (Å²) in [6.07, 6.45) is 0. The van der Waals surface area contributed by atoms with Crippen molar-refractivity contribution in [2.75, 3.05) is 6.61 Å². The molecule has 0 spiro atoms. The second kappa shape index (κ2) is 6.71. The molecule has 0 aliphatic rings. The predicted molar refractivity (Wildman–Crippen MR) is 89.0 cm³/mol. The van der Waals surface area contributed by atoms with Crippen molar-refractivity contribution in [3.63, 3.8) is 0 Å². The van der Waals surface area contributed by atoms with Gasteiger partial charge in [0.2, 0.25) is 0 Å². The molecule has 0 bridgehead atoms. The number of hydrogen-bond acceptors (Lipinski definition) is 4. The van der Waals surface area contributed by atoms with Gasteiger partial charge in [-0.15, -0.1) is 0 Å². The van der Waals surface area contributed by atoms with E-state index in [0.717, 1.165) is 11.1 Å². The molecule has 0 unspecified atom stereocenters. The van der Waals surface area contributed by atoms with E-state index < -0.39 is 10.1 Å². The molecule has 0 radical (unpaired) electrons. The average Bonchev–Trinajstić information content (AvgIpc) is 2.45. The lowest BCUT2D eigenvalue weighted by Gasteiger charge is -2.13. The third-order valence-corrected chi connectivity index (χ3v) is 4.77. The van der Waals surface area contributed by atoms with Crippen molar-refractivity contribution in [3.05, 3.63) is 52.0 Å². The van der Waals surface area contributed by atoms with Crippen molar-refractivity contribution in [1.29, 1.82) is 0 Å². The van der Waals surface area contributed by atoms with Crippen molar-refractivity contribution in [2.45, 2.75) is 25.7 Å². The van der Waals surface area contributed by atoms with Crippen molar-refractivity contribution in [3.8, 4) is 11.5 Å². The van der Waals surface area contributed by atoms with Crippen molar-refractivity contribution in [1.82, 2.24) is 0 Å².